The van der Waals surface area contributed by atoms with Gasteiger partial charge in [-0.15, -0.1) is 23.5 Å². The van der Waals surface area contributed by atoms with Crippen molar-refractivity contribution in [1.29, 1.82) is 0 Å². The first kappa shape index (κ1) is 45.4. The molecular formula is C47H61NO5S3. The van der Waals surface area contributed by atoms with Crippen LogP contribution < -0.4 is 0 Å². The van der Waals surface area contributed by atoms with Gasteiger partial charge in [0.05, 0.1) is 16.5 Å². The van der Waals surface area contributed by atoms with Gasteiger partial charge in [-0.2, -0.15) is 0 Å². The Morgan fingerprint density at radius 1 is 0.714 bits per heavy atom. The van der Waals surface area contributed by atoms with Crippen molar-refractivity contribution in [2.24, 2.45) is 11.3 Å². The molecule has 3 atom stereocenters. The quantitative estimate of drug-likeness (QED) is 0.0414. The van der Waals surface area contributed by atoms with Crippen LogP contribution in [0.25, 0.3) is 0 Å². The zero-order chi connectivity index (χ0) is 40.7. The van der Waals surface area contributed by atoms with E-state index in [0.717, 1.165) is 31.7 Å². The highest BCUT2D eigenvalue weighted by molar-refractivity contribution is 8.47. The molecule has 2 amide bonds. The van der Waals surface area contributed by atoms with Crippen molar-refractivity contribution in [3.63, 3.8) is 0 Å². The summed E-state index contributed by atoms with van der Waals surface area (Å²) in [5.74, 6) is -0.629. The number of amides is 2. The van der Waals surface area contributed by atoms with Crippen molar-refractivity contribution in [2.75, 3.05) is 11.5 Å². The summed E-state index contributed by atoms with van der Waals surface area (Å²) in [7, 11) is 0. The predicted octanol–water partition coefficient (Wildman–Crippen LogP) is 12.6. The summed E-state index contributed by atoms with van der Waals surface area (Å²) in [6, 6.07) is 23.1. The monoisotopic (exact) mass is 815 g/mol. The summed E-state index contributed by atoms with van der Waals surface area (Å²) in [5, 5.41) is 10.4. The fourth-order valence-electron chi connectivity index (χ4n) is 7.60. The van der Waals surface area contributed by atoms with Gasteiger partial charge in [0.25, 0.3) is 11.8 Å². The third-order valence-corrected chi connectivity index (χ3v) is 14.0. The zero-order valence-corrected chi connectivity index (χ0v) is 36.4. The van der Waals surface area contributed by atoms with Crippen LogP contribution in [-0.4, -0.2) is 54.6 Å². The molecule has 302 valence electrons. The maximum atomic E-state index is 14.2. The number of aliphatic carboxylic acids is 1. The van der Waals surface area contributed by atoms with Crippen LogP contribution in [0.15, 0.2) is 78.9 Å². The first-order valence-corrected chi connectivity index (χ1v) is 22.9. The van der Waals surface area contributed by atoms with Gasteiger partial charge in [0.1, 0.15) is 9.57 Å². The van der Waals surface area contributed by atoms with Gasteiger partial charge >= 0.3 is 5.97 Å². The summed E-state index contributed by atoms with van der Waals surface area (Å²) in [6.07, 6.45) is 13.9. The second kappa shape index (κ2) is 22.6. The van der Waals surface area contributed by atoms with E-state index in [4.69, 9.17) is 12.2 Å². The number of carbonyl (C=O) groups is 4. The Kier molecular flexibility index (Phi) is 18.3. The third kappa shape index (κ3) is 12.6. The van der Waals surface area contributed by atoms with Gasteiger partial charge in [-0.05, 0) is 74.0 Å². The highest BCUT2D eigenvalue weighted by atomic mass is 32.2. The molecule has 1 N–H and O–H groups in total. The first-order valence-electron chi connectivity index (χ1n) is 20.6. The Labute approximate surface area is 349 Å². The number of carboxylic acid groups (broad SMARTS) is 1. The van der Waals surface area contributed by atoms with E-state index in [1.54, 1.807) is 73.8 Å². The standard InChI is InChI=1S/C47H61NO5S3/c1-6-7-8-9-10-11-12-13-14-20-29-55-46(54)56-32-37(31-40(47(4,5)45(52)53)35-21-16-15-17-22-35)34-25-27-36(28-26-34)42(49)41(30-33(2)3)48-43(50)38-23-18-19-24-39(38)44(48)51/h15-19,21-28,33,37,40-41H,6-14,20,29-32H2,1-5H3,(H,52,53). The number of Topliss-reactive ketones (excluding diaryl/α,β-unsaturated/α-hetero) is 1. The maximum Gasteiger partial charge on any atom is 0.309 e. The number of hydrogen-bond donors (Lipinski definition) is 1. The number of rotatable bonds is 24. The number of unbranched alkanes of at least 4 members (excludes halogenated alkanes) is 9. The van der Waals surface area contributed by atoms with Crippen LogP contribution in [-0.2, 0) is 4.79 Å². The van der Waals surface area contributed by atoms with Crippen LogP contribution in [0.3, 0.4) is 0 Å². The van der Waals surface area contributed by atoms with Crippen molar-refractivity contribution >= 4 is 62.8 Å². The molecule has 3 unspecified atom stereocenters. The van der Waals surface area contributed by atoms with Crippen molar-refractivity contribution < 1.29 is 24.3 Å². The van der Waals surface area contributed by atoms with Gasteiger partial charge in [0.15, 0.2) is 5.78 Å². The third-order valence-electron chi connectivity index (χ3n) is 11.1. The lowest BCUT2D eigenvalue weighted by Gasteiger charge is -2.34. The van der Waals surface area contributed by atoms with E-state index in [2.05, 4.69) is 6.92 Å². The number of fused-ring (bicyclic) bond motifs is 1. The Balaban J connectivity index is 1.49. The van der Waals surface area contributed by atoms with E-state index in [1.807, 2.05) is 56.3 Å². The molecule has 0 saturated carbocycles. The number of thioether (sulfide) groups is 2. The number of thiocarbonyl (C=S) groups is 1. The number of ketones is 1. The lowest BCUT2D eigenvalue weighted by Crippen LogP contribution is -2.45. The summed E-state index contributed by atoms with van der Waals surface area (Å²) in [4.78, 5) is 54.9. The van der Waals surface area contributed by atoms with Gasteiger partial charge in [-0.1, -0.05) is 158 Å². The van der Waals surface area contributed by atoms with Crippen LogP contribution >= 0.6 is 35.7 Å². The molecule has 0 aliphatic carbocycles. The minimum Gasteiger partial charge on any atom is -0.481 e. The molecule has 0 spiro atoms. The van der Waals surface area contributed by atoms with Gasteiger partial charge in [0, 0.05) is 17.2 Å². The SMILES string of the molecule is CCCCCCCCCCCCSC(=S)SCC(CC(c1ccccc1)C(C)(C)C(=O)O)c1ccc(C(=O)C(CC(C)C)N2C(=O)c3ccccc3C2=O)cc1. The minimum absolute atomic E-state index is 0.0632. The van der Waals surface area contributed by atoms with E-state index < -0.39 is 29.2 Å². The van der Waals surface area contributed by atoms with Crippen LogP contribution in [0.2, 0.25) is 0 Å². The van der Waals surface area contributed by atoms with Crippen molar-refractivity contribution in [2.45, 2.75) is 130 Å². The van der Waals surface area contributed by atoms with Gasteiger partial charge < -0.3 is 5.11 Å². The molecule has 6 nitrogen and oxygen atoms in total. The Bertz CT molecular complexity index is 1720. The summed E-state index contributed by atoms with van der Waals surface area (Å²) < 4.78 is 0.893. The topological polar surface area (TPSA) is 91.8 Å². The number of carboxylic acids is 1. The van der Waals surface area contributed by atoms with Gasteiger partial charge in [0.2, 0.25) is 0 Å². The van der Waals surface area contributed by atoms with E-state index in [9.17, 15) is 24.3 Å². The molecule has 56 heavy (non-hydrogen) atoms. The predicted molar refractivity (Wildman–Crippen MR) is 238 cm³/mol. The smallest absolute Gasteiger partial charge is 0.309 e. The summed E-state index contributed by atoms with van der Waals surface area (Å²) in [6.45, 7) is 9.79. The normalized spacial score (nSPS) is 14.5. The minimum atomic E-state index is -1.04. The van der Waals surface area contributed by atoms with Crippen molar-refractivity contribution in [3.8, 4) is 0 Å². The van der Waals surface area contributed by atoms with E-state index >= 15 is 0 Å². The highest BCUT2D eigenvalue weighted by Crippen LogP contribution is 2.44. The molecular weight excluding hydrogens is 755 g/mol. The van der Waals surface area contributed by atoms with E-state index in [1.165, 1.54) is 57.8 Å². The van der Waals surface area contributed by atoms with E-state index in [-0.39, 0.29) is 23.5 Å². The lowest BCUT2D eigenvalue weighted by molar-refractivity contribution is -0.148. The summed E-state index contributed by atoms with van der Waals surface area (Å²) >= 11 is 9.24. The second-order valence-electron chi connectivity index (χ2n) is 16.2. The Hall–Kier alpha value is -3.27. The lowest BCUT2D eigenvalue weighted by atomic mass is 9.70. The molecule has 1 aliphatic rings. The fourth-order valence-corrected chi connectivity index (χ4v) is 10.0. The fraction of sp³-hybridized carbons (Fsp3) is 0.511. The van der Waals surface area contributed by atoms with E-state index in [0.29, 0.717) is 35.3 Å². The molecule has 1 aliphatic heterocycles. The average molecular weight is 816 g/mol. The number of benzene rings is 3. The maximum absolute atomic E-state index is 14.2. The molecule has 0 radical (unpaired) electrons. The van der Waals surface area contributed by atoms with Crippen LogP contribution in [0.5, 0.6) is 0 Å². The largest absolute Gasteiger partial charge is 0.481 e. The van der Waals surface area contributed by atoms with Crippen LogP contribution in [0.1, 0.15) is 166 Å². The molecule has 0 fully saturated rings. The molecule has 0 saturated heterocycles. The second-order valence-corrected chi connectivity index (χ2v) is 19.5. The molecule has 3 aromatic rings. The average Bonchev–Trinajstić information content (AvgIpc) is 3.44. The number of carbonyl (C=O) groups excluding carboxylic acids is 3. The van der Waals surface area contributed by atoms with Gasteiger partial charge in [-0.25, -0.2) is 0 Å². The Morgan fingerprint density at radius 2 is 1.25 bits per heavy atom. The first-order chi connectivity index (χ1) is 26.9. The molecule has 1 heterocycles. The molecule has 3 aromatic carbocycles. The van der Waals surface area contributed by atoms with Crippen molar-refractivity contribution in [3.05, 3.63) is 107 Å². The molecule has 0 bridgehead atoms. The molecule has 0 aromatic heterocycles. The molecule has 4 rings (SSSR count). The number of imide groups is 1. The number of hydrogen-bond acceptors (Lipinski definition) is 7. The Morgan fingerprint density at radius 3 is 1.79 bits per heavy atom. The number of nitrogens with zero attached hydrogens (tertiary/aromatic N) is 1. The zero-order valence-electron chi connectivity index (χ0n) is 34.0. The van der Waals surface area contributed by atoms with Gasteiger partial charge in [-0.3, -0.25) is 24.1 Å². The summed E-state index contributed by atoms with van der Waals surface area (Å²) in [5.41, 5.74) is 1.99. The van der Waals surface area contributed by atoms with Crippen molar-refractivity contribution in [1.82, 2.24) is 4.90 Å². The highest BCUT2D eigenvalue weighted by Gasteiger charge is 2.43. The van der Waals surface area contributed by atoms with Crippen LogP contribution in [0.4, 0.5) is 0 Å². The molecule has 9 heteroatoms. The van der Waals surface area contributed by atoms with Crippen LogP contribution in [0, 0.1) is 11.3 Å².